The van der Waals surface area contributed by atoms with Crippen LogP contribution in [0.25, 0.3) is 0 Å². The number of amides is 1. The Morgan fingerprint density at radius 3 is 2.38 bits per heavy atom. The van der Waals surface area contributed by atoms with Gasteiger partial charge in [-0.15, -0.1) is 0 Å². The number of hydrogen-bond acceptors (Lipinski definition) is 3. The molecule has 0 aliphatic carbocycles. The largest absolute Gasteiger partial charge is 0.431 e. The molecule has 0 radical (unpaired) electrons. The molecular formula is C19H16F3N3O. The molecule has 134 valence electrons. The van der Waals surface area contributed by atoms with Crippen molar-refractivity contribution in [1.82, 2.24) is 5.43 Å². The van der Waals surface area contributed by atoms with E-state index in [2.05, 4.69) is 10.5 Å². The molecule has 4 nitrogen and oxygen atoms in total. The smallest absolute Gasteiger partial charge is 0.300 e. The first-order valence-corrected chi connectivity index (χ1v) is 8.20. The molecule has 2 atom stereocenters. The Kier molecular flexibility index (Phi) is 3.57. The first kappa shape index (κ1) is 16.6. The quantitative estimate of drug-likeness (QED) is 0.831. The number of benzene rings is 2. The summed E-state index contributed by atoms with van der Waals surface area (Å²) in [6.45, 7) is 1.88. The number of hydrazone groups is 1. The van der Waals surface area contributed by atoms with Crippen LogP contribution in [0.5, 0.6) is 0 Å². The van der Waals surface area contributed by atoms with Crippen LogP contribution in [0.4, 0.5) is 18.9 Å². The SMILES string of the molecule is Cc1ccccc1C1N(c2ccccc2)C(=O)C12CC(C(F)(F)F)=NN2. The Balaban J connectivity index is 1.79. The lowest BCUT2D eigenvalue weighted by atomic mass is 9.71. The van der Waals surface area contributed by atoms with E-state index >= 15 is 0 Å². The van der Waals surface area contributed by atoms with Gasteiger partial charge in [-0.2, -0.15) is 18.3 Å². The van der Waals surface area contributed by atoms with Crippen LogP contribution in [0.1, 0.15) is 23.6 Å². The minimum atomic E-state index is -4.56. The summed E-state index contributed by atoms with van der Waals surface area (Å²) in [5, 5.41) is 3.46. The topological polar surface area (TPSA) is 44.7 Å². The fourth-order valence-corrected chi connectivity index (χ4v) is 3.71. The van der Waals surface area contributed by atoms with Gasteiger partial charge in [0.2, 0.25) is 0 Å². The highest BCUT2D eigenvalue weighted by Gasteiger charge is 2.66. The maximum Gasteiger partial charge on any atom is 0.431 e. The second-order valence-corrected chi connectivity index (χ2v) is 6.59. The van der Waals surface area contributed by atoms with Gasteiger partial charge in [0, 0.05) is 12.1 Å². The summed E-state index contributed by atoms with van der Waals surface area (Å²) < 4.78 is 39.4. The number of para-hydroxylation sites is 1. The molecule has 1 fully saturated rings. The standard InChI is InChI=1S/C19H16F3N3O/c1-12-7-5-6-10-14(12)16-18(11-15(23-24-18)19(20,21)22)17(26)25(16)13-8-3-2-4-9-13/h2-10,16,24H,11H2,1H3. The van der Waals surface area contributed by atoms with Crippen molar-refractivity contribution < 1.29 is 18.0 Å². The Bertz CT molecular complexity index is 894. The van der Waals surface area contributed by atoms with Crippen LogP contribution in [0.2, 0.25) is 0 Å². The van der Waals surface area contributed by atoms with Crippen molar-refractivity contribution in [2.24, 2.45) is 5.10 Å². The fourth-order valence-electron chi connectivity index (χ4n) is 3.71. The first-order valence-electron chi connectivity index (χ1n) is 8.20. The summed E-state index contributed by atoms with van der Waals surface area (Å²) >= 11 is 0. The molecule has 4 rings (SSSR count). The van der Waals surface area contributed by atoms with Crippen molar-refractivity contribution in [3.8, 4) is 0 Å². The molecule has 1 saturated heterocycles. The zero-order valence-electron chi connectivity index (χ0n) is 13.9. The summed E-state index contributed by atoms with van der Waals surface area (Å²) in [6.07, 6.45) is -5.03. The lowest BCUT2D eigenvalue weighted by Gasteiger charge is -2.54. The van der Waals surface area contributed by atoms with E-state index in [-0.39, 0.29) is 0 Å². The second kappa shape index (κ2) is 5.59. The molecular weight excluding hydrogens is 343 g/mol. The molecule has 2 aliphatic heterocycles. The van der Waals surface area contributed by atoms with E-state index in [4.69, 9.17) is 0 Å². The maximum absolute atomic E-state index is 13.1. The zero-order chi connectivity index (χ0) is 18.5. The molecule has 7 heteroatoms. The normalized spacial score (nSPS) is 25.1. The summed E-state index contributed by atoms with van der Waals surface area (Å²) in [6, 6.07) is 15.8. The number of anilines is 1. The first-order chi connectivity index (χ1) is 12.3. The van der Waals surface area contributed by atoms with Crippen molar-refractivity contribution in [1.29, 1.82) is 0 Å². The summed E-state index contributed by atoms with van der Waals surface area (Å²) in [5.41, 5.74) is 2.55. The van der Waals surface area contributed by atoms with Crippen molar-refractivity contribution in [2.75, 3.05) is 4.90 Å². The molecule has 0 bridgehead atoms. The van der Waals surface area contributed by atoms with E-state index in [1.807, 2.05) is 37.3 Å². The van der Waals surface area contributed by atoms with Gasteiger partial charge in [0.25, 0.3) is 5.91 Å². The number of carbonyl (C=O) groups excluding carboxylic acids is 1. The van der Waals surface area contributed by atoms with E-state index in [1.54, 1.807) is 29.2 Å². The maximum atomic E-state index is 13.1. The Labute approximate surface area is 148 Å². The number of aryl methyl sites for hydroxylation is 1. The van der Waals surface area contributed by atoms with E-state index in [0.29, 0.717) is 5.69 Å². The van der Waals surface area contributed by atoms with Gasteiger partial charge in [-0.3, -0.25) is 15.1 Å². The zero-order valence-corrected chi connectivity index (χ0v) is 13.9. The average molecular weight is 359 g/mol. The summed E-state index contributed by atoms with van der Waals surface area (Å²) in [4.78, 5) is 14.5. The number of β-lactam (4-membered cyclic amide) rings is 1. The van der Waals surface area contributed by atoms with Gasteiger partial charge in [0.05, 0.1) is 6.04 Å². The third-order valence-corrected chi connectivity index (χ3v) is 5.01. The molecule has 0 aromatic heterocycles. The van der Waals surface area contributed by atoms with Crippen molar-refractivity contribution in [2.45, 2.75) is 31.1 Å². The van der Waals surface area contributed by atoms with Crippen LogP contribution in [0.3, 0.4) is 0 Å². The molecule has 2 aromatic carbocycles. The van der Waals surface area contributed by atoms with Gasteiger partial charge in [-0.05, 0) is 30.2 Å². The lowest BCUT2D eigenvalue weighted by Crippen LogP contribution is -2.73. The van der Waals surface area contributed by atoms with Gasteiger partial charge < -0.3 is 0 Å². The van der Waals surface area contributed by atoms with E-state index in [0.717, 1.165) is 11.1 Å². The van der Waals surface area contributed by atoms with E-state index in [9.17, 15) is 18.0 Å². The second-order valence-electron chi connectivity index (χ2n) is 6.59. The van der Waals surface area contributed by atoms with E-state index in [1.165, 1.54) is 0 Å². The highest BCUT2D eigenvalue weighted by molar-refractivity contribution is 6.13. The fraction of sp³-hybridized carbons (Fsp3) is 0.263. The predicted octanol–water partition coefficient (Wildman–Crippen LogP) is 3.73. The van der Waals surface area contributed by atoms with Crippen LogP contribution in [0, 0.1) is 6.92 Å². The highest BCUT2D eigenvalue weighted by Crippen LogP contribution is 2.51. The number of hydrogen-bond donors (Lipinski definition) is 1. The number of carbonyl (C=O) groups is 1. The van der Waals surface area contributed by atoms with E-state index < -0.39 is 35.8 Å². The molecule has 1 amide bonds. The van der Waals surface area contributed by atoms with Crippen LogP contribution >= 0.6 is 0 Å². The van der Waals surface area contributed by atoms with Crippen LogP contribution in [-0.2, 0) is 4.79 Å². The van der Waals surface area contributed by atoms with Gasteiger partial charge in [-0.1, -0.05) is 42.5 Å². The number of nitrogens with zero attached hydrogens (tertiary/aromatic N) is 2. The van der Waals surface area contributed by atoms with Gasteiger partial charge >= 0.3 is 6.18 Å². The average Bonchev–Trinajstić information content (AvgIpc) is 3.09. The molecule has 2 aliphatic rings. The Morgan fingerprint density at radius 2 is 1.77 bits per heavy atom. The van der Waals surface area contributed by atoms with Crippen LogP contribution in [0.15, 0.2) is 59.7 Å². The van der Waals surface area contributed by atoms with Crippen molar-refractivity contribution in [3.05, 3.63) is 65.7 Å². The number of alkyl halides is 3. The van der Waals surface area contributed by atoms with Crippen molar-refractivity contribution >= 4 is 17.3 Å². The highest BCUT2D eigenvalue weighted by atomic mass is 19.4. The number of nitrogens with one attached hydrogen (secondary N) is 1. The number of halogens is 3. The minimum Gasteiger partial charge on any atom is -0.300 e. The molecule has 0 saturated carbocycles. The molecule has 1 N–H and O–H groups in total. The minimum absolute atomic E-state index is 0.403. The van der Waals surface area contributed by atoms with Crippen LogP contribution < -0.4 is 10.3 Å². The van der Waals surface area contributed by atoms with Gasteiger partial charge in [0.15, 0.2) is 5.54 Å². The van der Waals surface area contributed by atoms with Gasteiger partial charge in [-0.25, -0.2) is 0 Å². The lowest BCUT2D eigenvalue weighted by molar-refractivity contribution is -0.134. The Hall–Kier alpha value is -2.83. The number of rotatable bonds is 2. The molecule has 26 heavy (non-hydrogen) atoms. The van der Waals surface area contributed by atoms with Gasteiger partial charge in [0.1, 0.15) is 5.71 Å². The monoisotopic (exact) mass is 359 g/mol. The predicted molar refractivity (Wildman–Crippen MR) is 91.8 cm³/mol. The summed E-state index contributed by atoms with van der Waals surface area (Å²) in [5.74, 6) is -0.403. The molecule has 2 heterocycles. The molecule has 2 aromatic rings. The third kappa shape index (κ3) is 2.30. The third-order valence-electron chi connectivity index (χ3n) is 5.01. The molecule has 1 spiro atoms. The Morgan fingerprint density at radius 1 is 1.12 bits per heavy atom. The summed E-state index contributed by atoms with van der Waals surface area (Å²) in [7, 11) is 0. The molecule has 2 unspecified atom stereocenters. The van der Waals surface area contributed by atoms with Crippen LogP contribution in [-0.4, -0.2) is 23.3 Å². The van der Waals surface area contributed by atoms with Crippen molar-refractivity contribution in [3.63, 3.8) is 0 Å².